The summed E-state index contributed by atoms with van der Waals surface area (Å²) in [7, 11) is 0. The molecular weight excluding hydrogens is 298 g/mol. The van der Waals surface area contributed by atoms with E-state index >= 15 is 0 Å². The number of likely N-dealkylation sites (tertiary alicyclic amines) is 1. The summed E-state index contributed by atoms with van der Waals surface area (Å²) < 4.78 is 5.87. The van der Waals surface area contributed by atoms with Gasteiger partial charge >= 0.3 is 0 Å². The zero-order chi connectivity index (χ0) is 16.8. The highest BCUT2D eigenvalue weighted by Crippen LogP contribution is 2.20. The molecule has 1 saturated heterocycles. The van der Waals surface area contributed by atoms with Gasteiger partial charge in [-0.25, -0.2) is 0 Å². The summed E-state index contributed by atoms with van der Waals surface area (Å²) in [5, 5.41) is 0. The van der Waals surface area contributed by atoms with Crippen LogP contribution in [-0.4, -0.2) is 30.5 Å². The molecule has 0 aromatic heterocycles. The topological polar surface area (TPSA) is 29.5 Å². The fourth-order valence-corrected chi connectivity index (χ4v) is 3.26. The summed E-state index contributed by atoms with van der Waals surface area (Å²) in [4.78, 5) is 14.7. The molecule has 1 atom stereocenters. The Labute approximate surface area is 144 Å². The summed E-state index contributed by atoms with van der Waals surface area (Å²) in [6, 6.07) is 18.1. The third-order valence-electron chi connectivity index (χ3n) is 4.54. The number of hydrogen-bond donors (Lipinski definition) is 0. The number of nitrogens with zero attached hydrogens (tertiary/aromatic N) is 1. The first-order valence-electron chi connectivity index (χ1n) is 8.70. The van der Waals surface area contributed by atoms with Crippen molar-refractivity contribution in [2.75, 3.05) is 19.7 Å². The Morgan fingerprint density at radius 2 is 2.00 bits per heavy atom. The van der Waals surface area contributed by atoms with Crippen LogP contribution < -0.4 is 0 Å². The molecule has 2 aromatic carbocycles. The monoisotopic (exact) mass is 323 g/mol. The first-order chi connectivity index (χ1) is 11.7. The van der Waals surface area contributed by atoms with E-state index in [4.69, 9.17) is 4.74 Å². The first-order valence-corrected chi connectivity index (χ1v) is 8.70. The van der Waals surface area contributed by atoms with Crippen LogP contribution in [0, 0.1) is 12.8 Å². The van der Waals surface area contributed by atoms with Crippen LogP contribution in [0.3, 0.4) is 0 Å². The van der Waals surface area contributed by atoms with Crippen LogP contribution in [-0.2, 0) is 11.3 Å². The van der Waals surface area contributed by atoms with Crippen molar-refractivity contribution in [3.8, 4) is 0 Å². The van der Waals surface area contributed by atoms with Crippen LogP contribution in [0.1, 0.15) is 34.3 Å². The molecule has 3 rings (SSSR count). The number of amides is 1. The molecule has 0 bridgehead atoms. The van der Waals surface area contributed by atoms with Crippen molar-refractivity contribution in [3.63, 3.8) is 0 Å². The van der Waals surface area contributed by atoms with Crippen molar-refractivity contribution >= 4 is 5.91 Å². The van der Waals surface area contributed by atoms with Gasteiger partial charge in [-0.1, -0.05) is 48.0 Å². The van der Waals surface area contributed by atoms with E-state index in [0.29, 0.717) is 19.1 Å². The largest absolute Gasteiger partial charge is 0.376 e. The smallest absolute Gasteiger partial charge is 0.253 e. The van der Waals surface area contributed by atoms with E-state index in [1.807, 2.05) is 54.3 Å². The normalized spacial score (nSPS) is 17.7. The van der Waals surface area contributed by atoms with Crippen LogP contribution in [0.4, 0.5) is 0 Å². The molecule has 2 aromatic rings. The molecule has 3 nitrogen and oxygen atoms in total. The molecule has 1 heterocycles. The van der Waals surface area contributed by atoms with Crippen LogP contribution in [0.5, 0.6) is 0 Å². The number of hydrogen-bond acceptors (Lipinski definition) is 2. The standard InChI is InChI=1S/C21H25NO2/c1-17-7-5-11-20(13-17)21(23)22-12-6-10-19(14-22)16-24-15-18-8-3-2-4-9-18/h2-5,7-9,11,13,19H,6,10,12,14-16H2,1H3. The molecule has 3 heteroatoms. The van der Waals surface area contributed by atoms with Crippen molar-refractivity contribution < 1.29 is 9.53 Å². The lowest BCUT2D eigenvalue weighted by Gasteiger charge is -2.32. The highest BCUT2D eigenvalue weighted by molar-refractivity contribution is 5.94. The second kappa shape index (κ2) is 8.11. The molecule has 0 aliphatic carbocycles. The molecule has 1 fully saturated rings. The molecule has 0 N–H and O–H groups in total. The van der Waals surface area contributed by atoms with Crippen molar-refractivity contribution in [3.05, 3.63) is 71.3 Å². The quantitative estimate of drug-likeness (QED) is 0.830. The lowest BCUT2D eigenvalue weighted by atomic mass is 9.98. The van der Waals surface area contributed by atoms with Crippen LogP contribution in [0.2, 0.25) is 0 Å². The summed E-state index contributed by atoms with van der Waals surface area (Å²) in [6.45, 7) is 5.02. The minimum Gasteiger partial charge on any atom is -0.376 e. The van der Waals surface area contributed by atoms with Gasteiger partial charge in [-0.05, 0) is 43.4 Å². The fourth-order valence-electron chi connectivity index (χ4n) is 3.26. The van der Waals surface area contributed by atoms with Gasteiger partial charge in [0.25, 0.3) is 5.91 Å². The summed E-state index contributed by atoms with van der Waals surface area (Å²) in [6.07, 6.45) is 2.18. The zero-order valence-electron chi connectivity index (χ0n) is 14.3. The third kappa shape index (κ3) is 4.45. The maximum atomic E-state index is 12.7. The fraction of sp³-hybridized carbons (Fsp3) is 0.381. The van der Waals surface area contributed by atoms with E-state index in [2.05, 4.69) is 12.1 Å². The molecular formula is C21H25NO2. The Kier molecular flexibility index (Phi) is 5.65. The van der Waals surface area contributed by atoms with E-state index < -0.39 is 0 Å². The third-order valence-corrected chi connectivity index (χ3v) is 4.54. The van der Waals surface area contributed by atoms with Crippen molar-refractivity contribution in [1.82, 2.24) is 4.90 Å². The van der Waals surface area contributed by atoms with Gasteiger partial charge in [0.1, 0.15) is 0 Å². The average Bonchev–Trinajstić information content (AvgIpc) is 2.62. The Bertz CT molecular complexity index is 669. The Morgan fingerprint density at radius 3 is 2.79 bits per heavy atom. The number of benzene rings is 2. The second-order valence-electron chi connectivity index (χ2n) is 6.63. The van der Waals surface area contributed by atoms with Crippen molar-refractivity contribution in [1.29, 1.82) is 0 Å². The molecule has 0 spiro atoms. The van der Waals surface area contributed by atoms with E-state index in [1.54, 1.807) is 0 Å². The van der Waals surface area contributed by atoms with Gasteiger partial charge in [0.15, 0.2) is 0 Å². The van der Waals surface area contributed by atoms with E-state index in [9.17, 15) is 4.79 Å². The minimum absolute atomic E-state index is 0.145. The number of carbonyl (C=O) groups is 1. The molecule has 0 saturated carbocycles. The summed E-state index contributed by atoms with van der Waals surface area (Å²) >= 11 is 0. The van der Waals surface area contributed by atoms with E-state index in [0.717, 1.165) is 37.1 Å². The summed E-state index contributed by atoms with van der Waals surface area (Å²) in [5.41, 5.74) is 3.11. The van der Waals surface area contributed by atoms with Gasteiger partial charge in [-0.15, -0.1) is 0 Å². The minimum atomic E-state index is 0.145. The first kappa shape index (κ1) is 16.7. The highest BCUT2D eigenvalue weighted by Gasteiger charge is 2.24. The summed E-state index contributed by atoms with van der Waals surface area (Å²) in [5.74, 6) is 0.572. The second-order valence-corrected chi connectivity index (χ2v) is 6.63. The molecule has 1 aliphatic rings. The molecule has 24 heavy (non-hydrogen) atoms. The van der Waals surface area contributed by atoms with Gasteiger partial charge in [0.05, 0.1) is 13.2 Å². The van der Waals surface area contributed by atoms with E-state index in [1.165, 1.54) is 5.56 Å². The van der Waals surface area contributed by atoms with Crippen LogP contribution >= 0.6 is 0 Å². The Hall–Kier alpha value is -2.13. The Morgan fingerprint density at radius 1 is 1.17 bits per heavy atom. The van der Waals surface area contributed by atoms with Crippen LogP contribution in [0.25, 0.3) is 0 Å². The van der Waals surface area contributed by atoms with Crippen molar-refractivity contribution in [2.24, 2.45) is 5.92 Å². The van der Waals surface area contributed by atoms with Crippen molar-refractivity contribution in [2.45, 2.75) is 26.4 Å². The maximum Gasteiger partial charge on any atom is 0.253 e. The molecule has 1 amide bonds. The van der Waals surface area contributed by atoms with Crippen LogP contribution in [0.15, 0.2) is 54.6 Å². The van der Waals surface area contributed by atoms with E-state index in [-0.39, 0.29) is 5.91 Å². The number of carbonyl (C=O) groups excluding carboxylic acids is 1. The SMILES string of the molecule is Cc1cccc(C(=O)N2CCCC(COCc3ccccc3)C2)c1. The number of piperidine rings is 1. The van der Waals surface area contributed by atoms with Gasteiger partial charge in [-0.3, -0.25) is 4.79 Å². The number of ether oxygens (including phenoxy) is 1. The van der Waals surface area contributed by atoms with Gasteiger partial charge < -0.3 is 9.64 Å². The van der Waals surface area contributed by atoms with Gasteiger partial charge in [-0.2, -0.15) is 0 Å². The molecule has 0 radical (unpaired) electrons. The zero-order valence-corrected chi connectivity index (χ0v) is 14.3. The molecule has 1 aliphatic heterocycles. The lowest BCUT2D eigenvalue weighted by molar-refractivity contribution is 0.0425. The lowest BCUT2D eigenvalue weighted by Crippen LogP contribution is -2.41. The maximum absolute atomic E-state index is 12.7. The predicted octanol–water partition coefficient (Wildman–Crippen LogP) is 4.06. The molecule has 1 unspecified atom stereocenters. The predicted molar refractivity (Wildman–Crippen MR) is 95.9 cm³/mol. The average molecular weight is 323 g/mol. The van der Waals surface area contributed by atoms with Gasteiger partial charge in [0.2, 0.25) is 0 Å². The highest BCUT2D eigenvalue weighted by atomic mass is 16.5. The molecule has 126 valence electrons. The Balaban J connectivity index is 1.51. The number of aryl methyl sites for hydroxylation is 1. The number of rotatable bonds is 5. The van der Waals surface area contributed by atoms with Gasteiger partial charge in [0, 0.05) is 18.7 Å².